The summed E-state index contributed by atoms with van der Waals surface area (Å²) in [5, 5.41) is 9.09. The van der Waals surface area contributed by atoms with Crippen molar-refractivity contribution in [2.75, 3.05) is 0 Å². The Labute approximate surface area is 172 Å². The molecule has 4 rings (SSSR count). The van der Waals surface area contributed by atoms with Crippen molar-refractivity contribution in [2.45, 2.75) is 6.36 Å². The van der Waals surface area contributed by atoms with Gasteiger partial charge in [0.2, 0.25) is 5.43 Å². The molecule has 0 radical (unpaired) electrons. The highest BCUT2D eigenvalue weighted by atomic mass is 35.5. The first-order valence-electron chi connectivity index (χ1n) is 8.57. The number of aromatic nitrogens is 4. The highest BCUT2D eigenvalue weighted by Crippen LogP contribution is 2.24. The van der Waals surface area contributed by atoms with Gasteiger partial charge in [0, 0.05) is 17.3 Å². The van der Waals surface area contributed by atoms with Gasteiger partial charge in [-0.15, -0.1) is 13.2 Å². The summed E-state index contributed by atoms with van der Waals surface area (Å²) >= 11 is 6.05. The van der Waals surface area contributed by atoms with E-state index in [9.17, 15) is 18.0 Å². The summed E-state index contributed by atoms with van der Waals surface area (Å²) in [5.41, 5.74) is 1.30. The first-order chi connectivity index (χ1) is 14.3. The van der Waals surface area contributed by atoms with E-state index in [0.29, 0.717) is 22.1 Å². The minimum Gasteiger partial charge on any atom is -0.406 e. The second kappa shape index (κ2) is 7.68. The van der Waals surface area contributed by atoms with Crippen molar-refractivity contribution in [3.05, 3.63) is 88.3 Å². The number of alkyl halides is 3. The highest BCUT2D eigenvalue weighted by Gasteiger charge is 2.31. The van der Waals surface area contributed by atoms with Crippen molar-refractivity contribution in [3.8, 4) is 28.5 Å². The molecule has 0 aliphatic heterocycles. The molecular formula is C20H12ClF3N4O2. The van der Waals surface area contributed by atoms with Gasteiger partial charge >= 0.3 is 6.36 Å². The molecule has 0 spiro atoms. The first-order valence-corrected chi connectivity index (χ1v) is 8.94. The van der Waals surface area contributed by atoms with E-state index >= 15 is 0 Å². The molecule has 2 aromatic heterocycles. The summed E-state index contributed by atoms with van der Waals surface area (Å²) < 4.78 is 43.8. The zero-order chi connectivity index (χ0) is 21.3. The Bertz CT molecular complexity index is 1250. The quantitative estimate of drug-likeness (QED) is 0.471. The van der Waals surface area contributed by atoms with Crippen LogP contribution in [0.4, 0.5) is 13.2 Å². The Hall–Kier alpha value is -3.59. The predicted octanol–water partition coefficient (Wildman–Crippen LogP) is 4.64. The second-order valence-corrected chi connectivity index (χ2v) is 6.56. The standard InChI is InChI=1S/C20H12ClF3N4O2/c21-13-2-1-3-15(12-13)28-17(8-10-25-28)19-18(29)9-11-27(26-19)14-4-6-16(7-5-14)30-20(22,23)24/h1-12H. The van der Waals surface area contributed by atoms with Crippen LogP contribution in [0, 0.1) is 0 Å². The molecule has 0 saturated heterocycles. The lowest BCUT2D eigenvalue weighted by Gasteiger charge is -2.11. The van der Waals surface area contributed by atoms with Crippen molar-refractivity contribution in [1.29, 1.82) is 0 Å². The van der Waals surface area contributed by atoms with Gasteiger partial charge in [0.25, 0.3) is 0 Å². The van der Waals surface area contributed by atoms with Gasteiger partial charge in [-0.1, -0.05) is 17.7 Å². The van der Waals surface area contributed by atoms with Crippen molar-refractivity contribution in [2.24, 2.45) is 0 Å². The summed E-state index contributed by atoms with van der Waals surface area (Å²) in [6.45, 7) is 0. The van der Waals surface area contributed by atoms with Crippen LogP contribution in [0.3, 0.4) is 0 Å². The molecule has 0 saturated carbocycles. The lowest BCUT2D eigenvalue weighted by Crippen LogP contribution is -2.17. The fourth-order valence-electron chi connectivity index (χ4n) is 2.83. The van der Waals surface area contributed by atoms with Gasteiger partial charge in [-0.25, -0.2) is 9.36 Å². The number of rotatable bonds is 4. The average molecular weight is 433 g/mol. The second-order valence-electron chi connectivity index (χ2n) is 6.12. The molecule has 0 bridgehead atoms. The molecule has 2 heterocycles. The number of nitrogens with zero attached hydrogens (tertiary/aromatic N) is 4. The van der Waals surface area contributed by atoms with Gasteiger partial charge in [0.05, 0.1) is 23.3 Å². The third-order valence-corrected chi connectivity index (χ3v) is 4.32. The Kier molecular flexibility index (Phi) is 5.04. The van der Waals surface area contributed by atoms with Gasteiger partial charge in [-0.2, -0.15) is 10.2 Å². The molecule has 0 fully saturated rings. The molecule has 152 valence electrons. The Morgan fingerprint density at radius 3 is 2.43 bits per heavy atom. The van der Waals surface area contributed by atoms with Gasteiger partial charge in [-0.05, 0) is 48.5 Å². The van der Waals surface area contributed by atoms with Crippen molar-refractivity contribution in [1.82, 2.24) is 19.6 Å². The zero-order valence-electron chi connectivity index (χ0n) is 15.0. The van der Waals surface area contributed by atoms with Crippen LogP contribution >= 0.6 is 11.6 Å². The minimum atomic E-state index is -4.77. The summed E-state index contributed by atoms with van der Waals surface area (Å²) in [6.07, 6.45) is -1.83. The van der Waals surface area contributed by atoms with Crippen molar-refractivity contribution in [3.63, 3.8) is 0 Å². The van der Waals surface area contributed by atoms with Crippen LogP contribution in [-0.4, -0.2) is 25.9 Å². The fraction of sp³-hybridized carbons (Fsp3) is 0.0500. The Morgan fingerprint density at radius 1 is 0.967 bits per heavy atom. The normalized spacial score (nSPS) is 11.5. The van der Waals surface area contributed by atoms with E-state index in [1.54, 1.807) is 30.3 Å². The van der Waals surface area contributed by atoms with E-state index in [4.69, 9.17) is 11.6 Å². The topological polar surface area (TPSA) is 61.9 Å². The lowest BCUT2D eigenvalue weighted by atomic mass is 10.2. The van der Waals surface area contributed by atoms with E-state index in [0.717, 1.165) is 0 Å². The first kappa shape index (κ1) is 19.7. The van der Waals surface area contributed by atoms with Gasteiger partial charge in [0.15, 0.2) is 5.69 Å². The molecule has 0 N–H and O–H groups in total. The number of benzene rings is 2. The Morgan fingerprint density at radius 2 is 1.73 bits per heavy atom. The van der Waals surface area contributed by atoms with Crippen molar-refractivity contribution >= 4 is 11.6 Å². The molecule has 30 heavy (non-hydrogen) atoms. The third kappa shape index (κ3) is 4.20. The molecule has 0 amide bonds. The van der Waals surface area contributed by atoms with Crippen molar-refractivity contribution < 1.29 is 17.9 Å². The highest BCUT2D eigenvalue weighted by molar-refractivity contribution is 6.30. The largest absolute Gasteiger partial charge is 0.573 e. The smallest absolute Gasteiger partial charge is 0.406 e. The molecule has 0 atom stereocenters. The maximum atomic E-state index is 12.5. The summed E-state index contributed by atoms with van der Waals surface area (Å²) in [6, 6.07) is 15.0. The Balaban J connectivity index is 1.72. The van der Waals surface area contributed by atoms with Crippen LogP contribution in [-0.2, 0) is 0 Å². The molecule has 6 nitrogen and oxygen atoms in total. The minimum absolute atomic E-state index is 0.116. The maximum absolute atomic E-state index is 12.5. The van der Waals surface area contributed by atoms with E-state index in [2.05, 4.69) is 14.9 Å². The lowest BCUT2D eigenvalue weighted by molar-refractivity contribution is -0.274. The fourth-order valence-corrected chi connectivity index (χ4v) is 3.01. The molecular weight excluding hydrogens is 421 g/mol. The number of hydrogen-bond acceptors (Lipinski definition) is 4. The monoisotopic (exact) mass is 432 g/mol. The van der Waals surface area contributed by atoms with Crippen LogP contribution in [0.2, 0.25) is 5.02 Å². The molecule has 0 unspecified atom stereocenters. The number of ether oxygens (including phenoxy) is 1. The van der Waals surface area contributed by atoms with Crippen LogP contribution in [0.1, 0.15) is 0 Å². The van der Waals surface area contributed by atoms with E-state index in [1.807, 2.05) is 0 Å². The third-order valence-electron chi connectivity index (χ3n) is 4.08. The van der Waals surface area contributed by atoms with Crippen LogP contribution in [0.15, 0.2) is 77.9 Å². The van der Waals surface area contributed by atoms with Gasteiger partial charge in [0.1, 0.15) is 5.75 Å². The SMILES string of the molecule is O=c1ccn(-c2ccc(OC(F)(F)F)cc2)nc1-c1ccnn1-c1cccc(Cl)c1. The summed E-state index contributed by atoms with van der Waals surface area (Å²) in [5.74, 6) is -0.355. The predicted molar refractivity (Wildman–Crippen MR) is 104 cm³/mol. The molecule has 10 heteroatoms. The van der Waals surface area contributed by atoms with Gasteiger partial charge in [-0.3, -0.25) is 4.79 Å². The molecule has 0 aliphatic carbocycles. The van der Waals surface area contributed by atoms with Crippen LogP contribution in [0.25, 0.3) is 22.8 Å². The van der Waals surface area contributed by atoms with E-state index < -0.39 is 6.36 Å². The zero-order valence-corrected chi connectivity index (χ0v) is 15.8. The molecule has 2 aromatic carbocycles. The van der Waals surface area contributed by atoms with E-state index in [1.165, 1.54) is 52.1 Å². The summed E-state index contributed by atoms with van der Waals surface area (Å²) in [4.78, 5) is 12.5. The van der Waals surface area contributed by atoms with E-state index in [-0.39, 0.29) is 16.9 Å². The number of hydrogen-bond donors (Lipinski definition) is 0. The summed E-state index contributed by atoms with van der Waals surface area (Å²) in [7, 11) is 0. The molecule has 4 aromatic rings. The average Bonchev–Trinajstić information content (AvgIpc) is 3.17. The van der Waals surface area contributed by atoms with Crippen LogP contribution in [0.5, 0.6) is 5.75 Å². The molecule has 0 aliphatic rings. The maximum Gasteiger partial charge on any atom is 0.573 e. The van der Waals surface area contributed by atoms with Crippen LogP contribution < -0.4 is 10.2 Å². The van der Waals surface area contributed by atoms with Gasteiger partial charge < -0.3 is 4.74 Å². The number of halogens is 4.